The second-order valence-electron chi connectivity index (χ2n) is 4.87. The van der Waals surface area contributed by atoms with Gasteiger partial charge in [-0.3, -0.25) is 0 Å². The predicted molar refractivity (Wildman–Crippen MR) is 84.1 cm³/mol. The minimum absolute atomic E-state index is 0.437. The van der Waals surface area contributed by atoms with Gasteiger partial charge in [-0.1, -0.05) is 49.5 Å². The third-order valence-corrected chi connectivity index (χ3v) is 3.68. The number of hydrogen-bond donors (Lipinski definition) is 1. The molecule has 0 fully saturated rings. The van der Waals surface area contributed by atoms with Crippen LogP contribution in [0.2, 0.25) is 0 Å². The number of aromatic nitrogens is 2. The average molecular weight is 288 g/mol. The number of rotatable bonds is 5. The van der Waals surface area contributed by atoms with Crippen molar-refractivity contribution in [1.82, 2.24) is 9.97 Å². The summed E-state index contributed by atoms with van der Waals surface area (Å²) in [6, 6.07) is 12.0. The molecule has 0 aliphatic rings. The minimum Gasteiger partial charge on any atom is -0.368 e. The maximum atomic E-state index is 5.87. The quantitative estimate of drug-likeness (QED) is 0.825. The normalized spacial score (nSPS) is 13.9. The van der Waals surface area contributed by atoms with Gasteiger partial charge in [0.25, 0.3) is 0 Å². The van der Waals surface area contributed by atoms with Crippen LogP contribution < -0.4 is 0 Å². The van der Waals surface area contributed by atoms with Gasteiger partial charge in [0.15, 0.2) is 0 Å². The first-order valence-electron chi connectivity index (χ1n) is 6.90. The van der Waals surface area contributed by atoms with Gasteiger partial charge < -0.3 is 9.72 Å². The van der Waals surface area contributed by atoms with E-state index in [1.54, 1.807) is 0 Å². The van der Waals surface area contributed by atoms with Crippen molar-refractivity contribution in [2.75, 3.05) is 6.61 Å². The summed E-state index contributed by atoms with van der Waals surface area (Å²) in [4.78, 5) is 7.83. The summed E-state index contributed by atoms with van der Waals surface area (Å²) in [5.74, 6) is 0.785. The Hall–Kier alpha value is -1.52. The van der Waals surface area contributed by atoms with Crippen LogP contribution in [0.15, 0.2) is 36.4 Å². The van der Waals surface area contributed by atoms with Crippen molar-refractivity contribution < 1.29 is 4.74 Å². The first kappa shape index (κ1) is 14.9. The Balaban J connectivity index is 2.52. The van der Waals surface area contributed by atoms with Gasteiger partial charge in [-0.15, -0.1) is 0 Å². The molecule has 0 saturated carbocycles. The maximum absolute atomic E-state index is 5.87. The lowest BCUT2D eigenvalue weighted by Crippen LogP contribution is -2.28. The average Bonchev–Trinajstić information content (AvgIpc) is 2.47. The highest BCUT2D eigenvalue weighted by molar-refractivity contribution is 7.71. The van der Waals surface area contributed by atoms with Crippen LogP contribution >= 0.6 is 12.2 Å². The first-order chi connectivity index (χ1) is 9.59. The van der Waals surface area contributed by atoms with Crippen molar-refractivity contribution in [2.24, 2.45) is 0 Å². The van der Waals surface area contributed by atoms with Crippen LogP contribution in [0.1, 0.15) is 33.0 Å². The fourth-order valence-electron chi connectivity index (χ4n) is 2.14. The molecular weight excluding hydrogens is 268 g/mol. The molecule has 0 saturated heterocycles. The van der Waals surface area contributed by atoms with E-state index in [2.05, 4.69) is 16.9 Å². The largest absolute Gasteiger partial charge is 0.368 e. The van der Waals surface area contributed by atoms with E-state index in [1.165, 1.54) is 0 Å². The predicted octanol–water partition coefficient (Wildman–Crippen LogP) is 4.47. The number of nitrogens with one attached hydrogen (secondary N) is 1. The Morgan fingerprint density at radius 2 is 1.95 bits per heavy atom. The van der Waals surface area contributed by atoms with Crippen LogP contribution in [0.5, 0.6) is 0 Å². The fraction of sp³-hybridized carbons (Fsp3) is 0.375. The van der Waals surface area contributed by atoms with E-state index < -0.39 is 5.60 Å². The molecule has 0 spiro atoms. The molecule has 0 amide bonds. The van der Waals surface area contributed by atoms with Crippen LogP contribution in [0.3, 0.4) is 0 Å². The van der Waals surface area contributed by atoms with Crippen molar-refractivity contribution in [3.8, 4) is 11.3 Å². The molecule has 1 heterocycles. The highest BCUT2D eigenvalue weighted by Gasteiger charge is 2.27. The van der Waals surface area contributed by atoms with Crippen molar-refractivity contribution in [3.63, 3.8) is 0 Å². The lowest BCUT2D eigenvalue weighted by atomic mass is 10.0. The van der Waals surface area contributed by atoms with E-state index in [4.69, 9.17) is 17.0 Å². The molecule has 3 nitrogen and oxygen atoms in total. The third-order valence-electron chi connectivity index (χ3n) is 3.47. The van der Waals surface area contributed by atoms with E-state index in [1.807, 2.05) is 50.2 Å². The number of hydrogen-bond acceptors (Lipinski definition) is 3. The molecule has 1 atom stereocenters. The van der Waals surface area contributed by atoms with Gasteiger partial charge in [-0.25, -0.2) is 4.98 Å². The van der Waals surface area contributed by atoms with Gasteiger partial charge in [0.2, 0.25) is 0 Å². The molecule has 1 aromatic heterocycles. The fourth-order valence-corrected chi connectivity index (χ4v) is 2.35. The number of aromatic amines is 1. The summed E-state index contributed by atoms with van der Waals surface area (Å²) in [6.07, 6.45) is 0.831. The van der Waals surface area contributed by atoms with Crippen molar-refractivity contribution in [1.29, 1.82) is 0 Å². The standard InChI is InChI=1S/C16H20N2OS/c1-4-16(3,19-5-2)15-17-13(11-14(20)18-15)12-9-7-6-8-10-12/h6-11H,4-5H2,1-3H3,(H,17,18,20). The molecule has 4 heteroatoms. The van der Waals surface area contributed by atoms with Gasteiger partial charge in [-0.05, 0) is 31.9 Å². The van der Waals surface area contributed by atoms with Crippen molar-refractivity contribution >= 4 is 12.2 Å². The second-order valence-corrected chi connectivity index (χ2v) is 5.28. The van der Waals surface area contributed by atoms with E-state index in [0.29, 0.717) is 11.2 Å². The first-order valence-corrected chi connectivity index (χ1v) is 7.31. The third kappa shape index (κ3) is 3.14. The zero-order valence-electron chi connectivity index (χ0n) is 12.1. The molecule has 106 valence electrons. The van der Waals surface area contributed by atoms with Gasteiger partial charge in [0.1, 0.15) is 16.1 Å². The Morgan fingerprint density at radius 1 is 1.25 bits per heavy atom. The number of H-pyrrole nitrogens is 1. The van der Waals surface area contributed by atoms with Gasteiger partial charge in [0.05, 0.1) is 0 Å². The molecule has 0 aliphatic carbocycles. The second kappa shape index (κ2) is 6.29. The van der Waals surface area contributed by atoms with Crippen LogP contribution in [-0.2, 0) is 10.3 Å². The van der Waals surface area contributed by atoms with Crippen molar-refractivity contribution in [3.05, 3.63) is 46.9 Å². The molecule has 0 aliphatic heterocycles. The van der Waals surface area contributed by atoms with E-state index in [0.717, 1.165) is 23.5 Å². The molecule has 0 radical (unpaired) electrons. The summed E-state index contributed by atoms with van der Waals surface area (Å²) in [5.41, 5.74) is 1.63. The van der Waals surface area contributed by atoms with Crippen molar-refractivity contribution in [2.45, 2.75) is 32.8 Å². The molecule has 1 unspecified atom stereocenters. The molecule has 20 heavy (non-hydrogen) atoms. The lowest BCUT2D eigenvalue weighted by Gasteiger charge is -2.27. The molecular formula is C16H20N2OS. The summed E-state index contributed by atoms with van der Waals surface area (Å²) in [5, 5.41) is 0. The summed E-state index contributed by atoms with van der Waals surface area (Å²) < 4.78 is 6.45. The Morgan fingerprint density at radius 3 is 2.55 bits per heavy atom. The summed E-state index contributed by atoms with van der Waals surface area (Å²) in [6.45, 7) is 6.76. The number of nitrogens with zero attached hydrogens (tertiary/aromatic N) is 1. The van der Waals surface area contributed by atoms with Gasteiger partial charge in [-0.2, -0.15) is 0 Å². The van der Waals surface area contributed by atoms with E-state index >= 15 is 0 Å². The van der Waals surface area contributed by atoms with Crippen LogP contribution in [0.25, 0.3) is 11.3 Å². The highest BCUT2D eigenvalue weighted by Crippen LogP contribution is 2.28. The summed E-state index contributed by atoms with van der Waals surface area (Å²) >= 11 is 5.30. The van der Waals surface area contributed by atoms with Crippen LogP contribution in [0.4, 0.5) is 0 Å². The Kier molecular flexibility index (Phi) is 4.68. The maximum Gasteiger partial charge on any atom is 0.140 e. The van der Waals surface area contributed by atoms with Crippen LogP contribution in [-0.4, -0.2) is 16.6 Å². The Bertz CT molecular complexity index is 624. The van der Waals surface area contributed by atoms with Gasteiger partial charge in [0, 0.05) is 12.3 Å². The topological polar surface area (TPSA) is 37.9 Å². The lowest BCUT2D eigenvalue weighted by molar-refractivity contribution is -0.0390. The monoisotopic (exact) mass is 288 g/mol. The minimum atomic E-state index is -0.437. The van der Waals surface area contributed by atoms with E-state index in [-0.39, 0.29) is 0 Å². The SMILES string of the molecule is CCOC(C)(CC)c1nc(=S)cc(-c2ccccc2)[nH]1. The zero-order chi connectivity index (χ0) is 14.6. The number of benzene rings is 1. The summed E-state index contributed by atoms with van der Waals surface area (Å²) in [7, 11) is 0. The Labute approximate surface area is 125 Å². The van der Waals surface area contributed by atoms with Crippen LogP contribution in [0, 0.1) is 4.64 Å². The number of ether oxygens (including phenoxy) is 1. The molecule has 2 rings (SSSR count). The molecule has 1 N–H and O–H groups in total. The zero-order valence-corrected chi connectivity index (χ0v) is 13.0. The highest BCUT2D eigenvalue weighted by atomic mass is 32.1. The van der Waals surface area contributed by atoms with E-state index in [9.17, 15) is 0 Å². The molecule has 2 aromatic rings. The molecule has 0 bridgehead atoms. The molecule has 1 aromatic carbocycles. The smallest absolute Gasteiger partial charge is 0.140 e. The van der Waals surface area contributed by atoms with Gasteiger partial charge >= 0.3 is 0 Å².